The molecule has 1 aromatic rings. The highest BCUT2D eigenvalue weighted by molar-refractivity contribution is 7.91. The van der Waals surface area contributed by atoms with E-state index < -0.39 is 9.84 Å². The number of carbonyl (C=O) groups excluding carboxylic acids is 1. The van der Waals surface area contributed by atoms with Crippen molar-refractivity contribution >= 4 is 15.6 Å². The number of aromatic nitrogens is 1. The zero-order valence-corrected chi connectivity index (χ0v) is 11.9. The van der Waals surface area contributed by atoms with Crippen LogP contribution in [0.1, 0.15) is 43.5 Å². The Morgan fingerprint density at radius 1 is 1.22 bits per heavy atom. The first-order valence-electron chi connectivity index (χ1n) is 6.38. The lowest BCUT2D eigenvalue weighted by molar-refractivity contribution is 0.0981. The number of sulfone groups is 1. The molecule has 0 fully saturated rings. The van der Waals surface area contributed by atoms with Crippen molar-refractivity contribution in [3.05, 3.63) is 24.0 Å². The molecule has 0 aliphatic heterocycles. The smallest absolute Gasteiger partial charge is 0.164 e. The van der Waals surface area contributed by atoms with E-state index >= 15 is 0 Å². The summed E-state index contributed by atoms with van der Waals surface area (Å²) in [6.07, 6.45) is 5.52. The van der Waals surface area contributed by atoms with Gasteiger partial charge in [0, 0.05) is 36.7 Å². The van der Waals surface area contributed by atoms with Gasteiger partial charge in [0.1, 0.15) is 0 Å². The Morgan fingerprint density at radius 3 is 2.56 bits per heavy atom. The molecule has 5 heteroatoms. The Labute approximate surface area is 109 Å². The van der Waals surface area contributed by atoms with Crippen molar-refractivity contribution in [2.24, 2.45) is 0 Å². The molecular formula is C13H21NO3S. The quantitative estimate of drug-likeness (QED) is 0.682. The number of hydrogen-bond donors (Lipinski definition) is 0. The van der Waals surface area contributed by atoms with Gasteiger partial charge >= 0.3 is 0 Å². The van der Waals surface area contributed by atoms with Crippen LogP contribution in [0.4, 0.5) is 0 Å². The van der Waals surface area contributed by atoms with Crippen LogP contribution < -0.4 is 0 Å². The highest BCUT2D eigenvalue weighted by Gasteiger charge is 2.10. The van der Waals surface area contributed by atoms with Gasteiger partial charge in [-0.3, -0.25) is 4.79 Å². The maximum Gasteiger partial charge on any atom is 0.164 e. The number of nitrogens with zero attached hydrogens (tertiary/aromatic N) is 1. The molecule has 1 aromatic heterocycles. The number of rotatable bonds is 8. The van der Waals surface area contributed by atoms with E-state index in [0.29, 0.717) is 24.9 Å². The fourth-order valence-corrected chi connectivity index (χ4v) is 3.09. The summed E-state index contributed by atoms with van der Waals surface area (Å²) in [4.78, 5) is 11.6. The second kappa shape index (κ2) is 6.73. The number of ketones is 1. The first-order valence-corrected chi connectivity index (χ1v) is 8.20. The number of carbonyl (C=O) groups is 1. The third kappa shape index (κ3) is 4.64. The molecule has 0 N–H and O–H groups in total. The number of hydrogen-bond acceptors (Lipinski definition) is 3. The van der Waals surface area contributed by atoms with Crippen LogP contribution >= 0.6 is 0 Å². The summed E-state index contributed by atoms with van der Waals surface area (Å²) < 4.78 is 24.9. The van der Waals surface area contributed by atoms with Crippen LogP contribution in [0, 0.1) is 0 Å². The van der Waals surface area contributed by atoms with E-state index in [4.69, 9.17) is 0 Å². The largest absolute Gasteiger partial charge is 0.352 e. The first kappa shape index (κ1) is 15.0. The summed E-state index contributed by atoms with van der Waals surface area (Å²) in [5.41, 5.74) is 0.671. The molecule has 0 bridgehead atoms. The predicted octanol–water partition coefficient (Wildman–Crippen LogP) is 2.30. The van der Waals surface area contributed by atoms with Gasteiger partial charge in [-0.2, -0.15) is 0 Å². The predicted molar refractivity (Wildman–Crippen MR) is 72.6 cm³/mol. The average molecular weight is 271 g/mol. The molecule has 102 valence electrons. The van der Waals surface area contributed by atoms with E-state index in [1.165, 1.54) is 0 Å². The van der Waals surface area contributed by atoms with Crippen molar-refractivity contribution in [2.45, 2.75) is 39.7 Å². The maximum atomic E-state index is 11.6. The minimum Gasteiger partial charge on any atom is -0.352 e. The van der Waals surface area contributed by atoms with Gasteiger partial charge in [0.2, 0.25) is 0 Å². The summed E-state index contributed by atoms with van der Waals surface area (Å²) in [6, 6.07) is 1.75. The van der Waals surface area contributed by atoms with E-state index in [1.54, 1.807) is 23.0 Å². The zero-order chi connectivity index (χ0) is 13.6. The molecule has 0 unspecified atom stereocenters. The van der Waals surface area contributed by atoms with E-state index in [-0.39, 0.29) is 17.3 Å². The monoisotopic (exact) mass is 271 g/mol. The Hall–Kier alpha value is -1.10. The van der Waals surface area contributed by atoms with Gasteiger partial charge in [0.05, 0.1) is 5.75 Å². The Bertz CT molecular complexity index is 488. The minimum absolute atomic E-state index is 0.118. The lowest BCUT2D eigenvalue weighted by atomic mass is 10.1. The summed E-state index contributed by atoms with van der Waals surface area (Å²) in [7, 11) is -2.96. The molecule has 0 radical (unpaired) electrons. The van der Waals surface area contributed by atoms with E-state index in [2.05, 4.69) is 0 Å². The SMILES string of the molecule is CCCC(=O)c1ccn(CCS(=O)(=O)CCC)c1. The molecule has 1 rings (SSSR count). The topological polar surface area (TPSA) is 56.1 Å². The summed E-state index contributed by atoms with van der Waals surface area (Å²) in [6.45, 7) is 4.24. The molecule has 0 atom stereocenters. The molecule has 18 heavy (non-hydrogen) atoms. The van der Waals surface area contributed by atoms with Crippen molar-refractivity contribution < 1.29 is 13.2 Å². The van der Waals surface area contributed by atoms with Crippen molar-refractivity contribution in [1.82, 2.24) is 4.57 Å². The standard InChI is InChI=1S/C13H21NO3S/c1-3-5-13(15)12-6-7-14(11-12)8-10-18(16,17)9-4-2/h6-7,11H,3-5,8-10H2,1-2H3. The second-order valence-corrected chi connectivity index (χ2v) is 6.77. The zero-order valence-electron chi connectivity index (χ0n) is 11.1. The third-order valence-electron chi connectivity index (χ3n) is 2.73. The molecule has 0 aromatic carbocycles. The molecule has 4 nitrogen and oxygen atoms in total. The van der Waals surface area contributed by atoms with Crippen LogP contribution in [0.3, 0.4) is 0 Å². The normalized spacial score (nSPS) is 11.7. The van der Waals surface area contributed by atoms with Crippen molar-refractivity contribution in [3.8, 4) is 0 Å². The van der Waals surface area contributed by atoms with Crippen LogP contribution in [0.25, 0.3) is 0 Å². The van der Waals surface area contributed by atoms with Crippen LogP contribution in [0.5, 0.6) is 0 Å². The Morgan fingerprint density at radius 2 is 1.94 bits per heavy atom. The van der Waals surface area contributed by atoms with E-state index in [9.17, 15) is 13.2 Å². The molecule has 0 amide bonds. The highest BCUT2D eigenvalue weighted by Crippen LogP contribution is 2.07. The first-order chi connectivity index (χ1) is 8.48. The van der Waals surface area contributed by atoms with Gasteiger partial charge in [0.25, 0.3) is 0 Å². The van der Waals surface area contributed by atoms with Crippen molar-refractivity contribution in [1.29, 1.82) is 0 Å². The Balaban J connectivity index is 2.57. The molecule has 0 aliphatic carbocycles. The van der Waals surface area contributed by atoms with Crippen molar-refractivity contribution in [3.63, 3.8) is 0 Å². The molecule has 1 heterocycles. The highest BCUT2D eigenvalue weighted by atomic mass is 32.2. The van der Waals surface area contributed by atoms with Crippen molar-refractivity contribution in [2.75, 3.05) is 11.5 Å². The van der Waals surface area contributed by atoms with E-state index in [1.807, 2.05) is 13.8 Å². The number of Topliss-reactive ketones (excluding diaryl/α,β-unsaturated/α-hetero) is 1. The van der Waals surface area contributed by atoms with Gasteiger partial charge in [-0.1, -0.05) is 13.8 Å². The molecule has 0 saturated heterocycles. The molecular weight excluding hydrogens is 250 g/mol. The molecule has 0 aliphatic rings. The number of aryl methyl sites for hydroxylation is 1. The van der Waals surface area contributed by atoms with Crippen LogP contribution in [0.2, 0.25) is 0 Å². The van der Waals surface area contributed by atoms with Gasteiger partial charge in [0.15, 0.2) is 15.6 Å². The van der Waals surface area contributed by atoms with Crippen LogP contribution in [-0.2, 0) is 16.4 Å². The maximum absolute atomic E-state index is 11.6. The van der Waals surface area contributed by atoms with Gasteiger partial charge in [-0.15, -0.1) is 0 Å². The second-order valence-electron chi connectivity index (χ2n) is 4.46. The average Bonchev–Trinajstić information content (AvgIpc) is 2.75. The lowest BCUT2D eigenvalue weighted by Gasteiger charge is -2.03. The minimum atomic E-state index is -2.96. The van der Waals surface area contributed by atoms with Gasteiger partial charge in [-0.25, -0.2) is 8.42 Å². The summed E-state index contributed by atoms with van der Waals surface area (Å²) >= 11 is 0. The summed E-state index contributed by atoms with van der Waals surface area (Å²) in [5.74, 6) is 0.486. The van der Waals surface area contributed by atoms with E-state index in [0.717, 1.165) is 6.42 Å². The van der Waals surface area contributed by atoms with Gasteiger partial charge < -0.3 is 4.57 Å². The third-order valence-corrected chi connectivity index (χ3v) is 4.56. The summed E-state index contributed by atoms with van der Waals surface area (Å²) in [5, 5.41) is 0. The Kier molecular flexibility index (Phi) is 5.59. The lowest BCUT2D eigenvalue weighted by Crippen LogP contribution is -2.15. The van der Waals surface area contributed by atoms with Crippen LogP contribution in [-0.4, -0.2) is 30.3 Å². The molecule has 0 saturated carbocycles. The molecule has 0 spiro atoms. The van der Waals surface area contributed by atoms with Crippen LogP contribution in [0.15, 0.2) is 18.5 Å². The fraction of sp³-hybridized carbons (Fsp3) is 0.615. The fourth-order valence-electron chi connectivity index (χ4n) is 1.77. The van der Waals surface area contributed by atoms with Gasteiger partial charge in [-0.05, 0) is 18.9 Å².